The molecule has 16 heavy (non-hydrogen) atoms. The van der Waals surface area contributed by atoms with Crippen molar-refractivity contribution in [3.63, 3.8) is 0 Å². The molecule has 1 saturated carbocycles. The zero-order chi connectivity index (χ0) is 11.8. The van der Waals surface area contributed by atoms with Gasteiger partial charge in [-0.15, -0.1) is 0 Å². The Morgan fingerprint density at radius 3 is 2.56 bits per heavy atom. The molecule has 1 aliphatic carbocycles. The predicted octanol–water partition coefficient (Wildman–Crippen LogP) is 2.48. The van der Waals surface area contributed by atoms with E-state index >= 15 is 0 Å². The van der Waals surface area contributed by atoms with Gasteiger partial charge in [0.25, 0.3) is 0 Å². The Morgan fingerprint density at radius 1 is 1.31 bits per heavy atom. The van der Waals surface area contributed by atoms with E-state index in [2.05, 4.69) is 22.1 Å². The highest BCUT2D eigenvalue weighted by molar-refractivity contribution is 5.79. The molecule has 0 radical (unpaired) electrons. The molecule has 1 aliphatic rings. The monoisotopic (exact) mass is 225 g/mol. The summed E-state index contributed by atoms with van der Waals surface area (Å²) in [6.07, 6.45) is 8.43. The second kappa shape index (κ2) is 7.53. The Hall–Kier alpha value is -0.730. The molecule has 3 heteroatoms. The van der Waals surface area contributed by atoms with Crippen LogP contribution in [0, 0.1) is 5.92 Å². The van der Waals surface area contributed by atoms with E-state index in [9.17, 15) is 0 Å². The number of aliphatic imine (C=N–C) groups is 1. The number of nitrogens with one attached hydrogen (secondary N) is 1. The van der Waals surface area contributed by atoms with E-state index in [4.69, 9.17) is 0 Å². The highest BCUT2D eigenvalue weighted by Gasteiger charge is 2.13. The average molecular weight is 225 g/mol. The fraction of sp³-hybridized carbons (Fsp3) is 0.923. The van der Waals surface area contributed by atoms with Gasteiger partial charge >= 0.3 is 0 Å². The highest BCUT2D eigenvalue weighted by atomic mass is 15.3. The maximum Gasteiger partial charge on any atom is 0.193 e. The molecule has 0 amide bonds. The van der Waals surface area contributed by atoms with Crippen molar-refractivity contribution in [3.05, 3.63) is 0 Å². The van der Waals surface area contributed by atoms with Crippen LogP contribution in [0.5, 0.6) is 0 Å². The summed E-state index contributed by atoms with van der Waals surface area (Å²) in [7, 11) is 4.08. The van der Waals surface area contributed by atoms with Crippen molar-refractivity contribution in [2.45, 2.75) is 45.4 Å². The molecule has 0 unspecified atom stereocenters. The lowest BCUT2D eigenvalue weighted by Crippen LogP contribution is -2.36. The number of nitrogens with zero attached hydrogens (tertiary/aromatic N) is 2. The highest BCUT2D eigenvalue weighted by Crippen LogP contribution is 2.28. The second-order valence-electron chi connectivity index (χ2n) is 4.92. The average Bonchev–Trinajstić information content (AvgIpc) is 2.75. The topological polar surface area (TPSA) is 27.6 Å². The molecular formula is C13H27N3. The standard InChI is InChI=1S/C13H27N3/c1-4-14-13(16(2)3)15-11-7-10-12-8-5-6-9-12/h12H,4-11H2,1-3H3,(H,14,15). The summed E-state index contributed by atoms with van der Waals surface area (Å²) in [4.78, 5) is 6.66. The van der Waals surface area contributed by atoms with Crippen LogP contribution in [0.15, 0.2) is 4.99 Å². The third-order valence-corrected chi connectivity index (χ3v) is 3.27. The largest absolute Gasteiger partial charge is 0.357 e. The molecule has 0 aromatic carbocycles. The molecule has 0 aliphatic heterocycles. The van der Waals surface area contributed by atoms with E-state index in [0.717, 1.165) is 25.0 Å². The molecule has 0 atom stereocenters. The van der Waals surface area contributed by atoms with Gasteiger partial charge in [0, 0.05) is 27.2 Å². The summed E-state index contributed by atoms with van der Waals surface area (Å²) in [5.41, 5.74) is 0. The van der Waals surface area contributed by atoms with Gasteiger partial charge in [-0.05, 0) is 25.7 Å². The zero-order valence-electron chi connectivity index (χ0n) is 11.1. The predicted molar refractivity (Wildman–Crippen MR) is 70.9 cm³/mol. The van der Waals surface area contributed by atoms with Crippen LogP contribution in [-0.4, -0.2) is 38.0 Å². The van der Waals surface area contributed by atoms with Gasteiger partial charge in [0.15, 0.2) is 5.96 Å². The third kappa shape index (κ3) is 4.86. The van der Waals surface area contributed by atoms with E-state index in [1.54, 1.807) is 0 Å². The minimum atomic E-state index is 0.944. The Morgan fingerprint density at radius 2 is 2.00 bits per heavy atom. The Kier molecular flexibility index (Phi) is 6.27. The number of rotatable bonds is 5. The summed E-state index contributed by atoms with van der Waals surface area (Å²) in [6.45, 7) is 4.02. The quantitative estimate of drug-likeness (QED) is 0.442. The van der Waals surface area contributed by atoms with Crippen LogP contribution in [0.3, 0.4) is 0 Å². The van der Waals surface area contributed by atoms with Gasteiger partial charge in [-0.2, -0.15) is 0 Å². The summed E-state index contributed by atoms with van der Waals surface area (Å²) in [6, 6.07) is 0. The molecule has 0 aromatic rings. The van der Waals surface area contributed by atoms with Gasteiger partial charge in [-0.1, -0.05) is 25.7 Å². The van der Waals surface area contributed by atoms with Crippen molar-refractivity contribution in [2.75, 3.05) is 27.2 Å². The SMILES string of the molecule is CCNC(=NCCCC1CCCC1)N(C)C. The smallest absolute Gasteiger partial charge is 0.193 e. The van der Waals surface area contributed by atoms with Crippen molar-refractivity contribution >= 4 is 5.96 Å². The van der Waals surface area contributed by atoms with Crippen LogP contribution in [0.1, 0.15) is 45.4 Å². The fourth-order valence-electron chi connectivity index (χ4n) is 2.38. The van der Waals surface area contributed by atoms with Crippen molar-refractivity contribution < 1.29 is 0 Å². The van der Waals surface area contributed by atoms with Gasteiger partial charge in [-0.3, -0.25) is 4.99 Å². The molecule has 3 nitrogen and oxygen atoms in total. The van der Waals surface area contributed by atoms with Gasteiger partial charge < -0.3 is 10.2 Å². The molecule has 1 N–H and O–H groups in total. The van der Waals surface area contributed by atoms with Crippen LogP contribution in [0.2, 0.25) is 0 Å². The van der Waals surface area contributed by atoms with Crippen LogP contribution < -0.4 is 5.32 Å². The van der Waals surface area contributed by atoms with Gasteiger partial charge in [0.1, 0.15) is 0 Å². The van der Waals surface area contributed by atoms with E-state index < -0.39 is 0 Å². The van der Waals surface area contributed by atoms with Gasteiger partial charge in [0.05, 0.1) is 0 Å². The fourth-order valence-corrected chi connectivity index (χ4v) is 2.38. The summed E-state index contributed by atoms with van der Waals surface area (Å²) < 4.78 is 0. The first-order valence-corrected chi connectivity index (χ1v) is 6.69. The molecule has 1 rings (SSSR count). The molecule has 0 saturated heterocycles. The van der Waals surface area contributed by atoms with Crippen LogP contribution in [0.4, 0.5) is 0 Å². The van der Waals surface area contributed by atoms with E-state index in [0.29, 0.717) is 0 Å². The lowest BCUT2D eigenvalue weighted by atomic mass is 10.0. The summed E-state index contributed by atoms with van der Waals surface area (Å²) in [5, 5.41) is 3.29. The van der Waals surface area contributed by atoms with Crippen molar-refractivity contribution in [1.29, 1.82) is 0 Å². The zero-order valence-corrected chi connectivity index (χ0v) is 11.1. The van der Waals surface area contributed by atoms with Crippen LogP contribution >= 0.6 is 0 Å². The number of hydrogen-bond acceptors (Lipinski definition) is 1. The molecule has 0 heterocycles. The minimum Gasteiger partial charge on any atom is -0.357 e. The molecular weight excluding hydrogens is 198 g/mol. The first-order chi connectivity index (χ1) is 7.74. The maximum absolute atomic E-state index is 4.61. The molecule has 0 bridgehead atoms. The number of hydrogen-bond donors (Lipinski definition) is 1. The summed E-state index contributed by atoms with van der Waals surface area (Å²) >= 11 is 0. The number of guanidine groups is 1. The van der Waals surface area contributed by atoms with Crippen LogP contribution in [-0.2, 0) is 0 Å². The summed E-state index contributed by atoms with van der Waals surface area (Å²) in [5.74, 6) is 2.02. The lowest BCUT2D eigenvalue weighted by Gasteiger charge is -2.16. The van der Waals surface area contributed by atoms with Crippen molar-refractivity contribution in [2.24, 2.45) is 10.9 Å². The molecule has 1 fully saturated rings. The van der Waals surface area contributed by atoms with Gasteiger partial charge in [0.2, 0.25) is 0 Å². The van der Waals surface area contributed by atoms with E-state index in [1.807, 2.05) is 14.1 Å². The maximum atomic E-state index is 4.61. The third-order valence-electron chi connectivity index (χ3n) is 3.27. The van der Waals surface area contributed by atoms with E-state index in [1.165, 1.54) is 38.5 Å². The molecule has 0 aromatic heterocycles. The Labute approximate surface area is 100 Å². The molecule has 0 spiro atoms. The lowest BCUT2D eigenvalue weighted by molar-refractivity contribution is 0.485. The molecule has 94 valence electrons. The van der Waals surface area contributed by atoms with Crippen LogP contribution in [0.25, 0.3) is 0 Å². The Bertz CT molecular complexity index is 205. The second-order valence-corrected chi connectivity index (χ2v) is 4.92. The first-order valence-electron chi connectivity index (χ1n) is 6.69. The van der Waals surface area contributed by atoms with Crippen molar-refractivity contribution in [3.8, 4) is 0 Å². The normalized spacial score (nSPS) is 17.8. The Balaban J connectivity index is 2.17. The van der Waals surface area contributed by atoms with Gasteiger partial charge in [-0.25, -0.2) is 0 Å². The van der Waals surface area contributed by atoms with E-state index in [-0.39, 0.29) is 0 Å². The first kappa shape index (κ1) is 13.3. The minimum absolute atomic E-state index is 0.944. The van der Waals surface area contributed by atoms with Crippen molar-refractivity contribution in [1.82, 2.24) is 10.2 Å².